The average Bonchev–Trinajstić information content (AvgIpc) is 2.60. The van der Waals surface area contributed by atoms with Gasteiger partial charge in [-0.2, -0.15) is 0 Å². The molecule has 0 radical (unpaired) electrons. The Kier molecular flexibility index (Phi) is 10.4. The van der Waals surface area contributed by atoms with Crippen LogP contribution in [0, 0.1) is 11.3 Å². The second-order valence-corrected chi connectivity index (χ2v) is 7.21. The van der Waals surface area contributed by atoms with E-state index in [1.165, 1.54) is 51.4 Å². The Balaban J connectivity index is 0.00000264. The molecule has 0 saturated heterocycles. The number of hydrogen-bond acceptors (Lipinski definition) is 3. The molecule has 0 aromatic rings. The predicted octanol–water partition coefficient (Wildman–Crippen LogP) is 3.75. The van der Waals surface area contributed by atoms with Gasteiger partial charge < -0.3 is 9.64 Å². The second-order valence-electron chi connectivity index (χ2n) is 7.21. The van der Waals surface area contributed by atoms with E-state index in [2.05, 4.69) is 18.7 Å². The molecule has 23 heavy (non-hydrogen) atoms. The molecular formula is C19H36NNaO2. The Labute approximate surface area is 165 Å². The van der Waals surface area contributed by atoms with Crippen LogP contribution >= 0.6 is 0 Å². The molecule has 4 heteroatoms. The average molecular weight is 333 g/mol. The predicted molar refractivity (Wildman–Crippen MR) is 98.0 cm³/mol. The molecule has 0 aromatic carbocycles. The first-order chi connectivity index (χ1) is 10.7. The fourth-order valence-corrected chi connectivity index (χ4v) is 4.57. The van der Waals surface area contributed by atoms with Gasteiger partial charge in [-0.15, -0.1) is 0 Å². The normalized spacial score (nSPS) is 21.7. The van der Waals surface area contributed by atoms with E-state index >= 15 is 0 Å². The van der Waals surface area contributed by atoms with Crippen LogP contribution in [0.1, 0.15) is 78.1 Å². The van der Waals surface area contributed by atoms with E-state index in [0.29, 0.717) is 12.5 Å². The summed E-state index contributed by atoms with van der Waals surface area (Å²) in [6, 6.07) is 0. The molecule has 0 spiro atoms. The van der Waals surface area contributed by atoms with Gasteiger partial charge in [0.2, 0.25) is 0 Å². The van der Waals surface area contributed by atoms with Gasteiger partial charge in [0, 0.05) is 6.54 Å². The second kappa shape index (κ2) is 11.1. The molecule has 0 aliphatic heterocycles. The van der Waals surface area contributed by atoms with Crippen LogP contribution in [0.2, 0.25) is 0 Å². The third-order valence-corrected chi connectivity index (χ3v) is 6.07. The van der Waals surface area contributed by atoms with Crippen molar-refractivity contribution in [1.29, 1.82) is 0 Å². The van der Waals surface area contributed by atoms with E-state index in [1.54, 1.807) is 0 Å². The fraction of sp³-hybridized carbons (Fsp3) is 0.947. The van der Waals surface area contributed by atoms with Gasteiger partial charge in [0.25, 0.3) is 0 Å². The van der Waals surface area contributed by atoms with Gasteiger partial charge in [0.05, 0.1) is 5.41 Å². The van der Waals surface area contributed by atoms with Crippen molar-refractivity contribution in [3.8, 4) is 0 Å². The fourth-order valence-electron chi connectivity index (χ4n) is 4.57. The van der Waals surface area contributed by atoms with Gasteiger partial charge in [0.1, 0.15) is 6.61 Å². The summed E-state index contributed by atoms with van der Waals surface area (Å²) < 4.78 is 5.79. The van der Waals surface area contributed by atoms with E-state index in [4.69, 9.17) is 4.74 Å². The summed E-state index contributed by atoms with van der Waals surface area (Å²) in [6.45, 7) is 7.82. The summed E-state index contributed by atoms with van der Waals surface area (Å²) >= 11 is 0. The van der Waals surface area contributed by atoms with E-state index in [-0.39, 0.29) is 40.9 Å². The molecule has 130 valence electrons. The van der Waals surface area contributed by atoms with Crippen LogP contribution in [0.25, 0.3) is 0 Å². The van der Waals surface area contributed by atoms with Gasteiger partial charge in [-0.3, -0.25) is 4.79 Å². The molecule has 0 atom stereocenters. The number of nitrogens with zero attached hydrogens (tertiary/aromatic N) is 1. The Hall–Kier alpha value is 0.430. The first-order valence-corrected chi connectivity index (χ1v) is 9.62. The third-order valence-electron chi connectivity index (χ3n) is 6.07. The monoisotopic (exact) mass is 333 g/mol. The SMILES string of the molecule is CCN(CC)CCOC(=O)C1(C2CCCCC2)CCCCC1.[NaH]. The van der Waals surface area contributed by atoms with Crippen LogP contribution in [0.15, 0.2) is 0 Å². The quantitative estimate of drug-likeness (QED) is 0.525. The van der Waals surface area contributed by atoms with Crippen LogP contribution in [0.5, 0.6) is 0 Å². The van der Waals surface area contributed by atoms with Gasteiger partial charge >= 0.3 is 35.5 Å². The first kappa shape index (κ1) is 21.5. The molecule has 2 aliphatic carbocycles. The van der Waals surface area contributed by atoms with Crippen molar-refractivity contribution < 1.29 is 9.53 Å². The Bertz CT molecular complexity index is 332. The van der Waals surface area contributed by atoms with Crippen molar-refractivity contribution in [1.82, 2.24) is 4.90 Å². The first-order valence-electron chi connectivity index (χ1n) is 9.62. The van der Waals surface area contributed by atoms with Gasteiger partial charge in [-0.05, 0) is 44.7 Å². The van der Waals surface area contributed by atoms with Crippen LogP contribution in [0.4, 0.5) is 0 Å². The molecule has 2 fully saturated rings. The Morgan fingerprint density at radius 3 is 2.13 bits per heavy atom. The van der Waals surface area contributed by atoms with Crippen LogP contribution in [-0.4, -0.2) is 66.7 Å². The molecule has 2 rings (SSSR count). The molecule has 0 bridgehead atoms. The van der Waals surface area contributed by atoms with Crippen molar-refractivity contribution in [2.24, 2.45) is 11.3 Å². The van der Waals surface area contributed by atoms with Crippen LogP contribution in [-0.2, 0) is 9.53 Å². The molecular weight excluding hydrogens is 297 g/mol. The van der Waals surface area contributed by atoms with E-state index in [9.17, 15) is 4.79 Å². The molecule has 0 N–H and O–H groups in total. The van der Waals surface area contributed by atoms with Gasteiger partial charge in [-0.25, -0.2) is 0 Å². The molecule has 0 amide bonds. The van der Waals surface area contributed by atoms with Crippen molar-refractivity contribution in [2.45, 2.75) is 78.1 Å². The van der Waals surface area contributed by atoms with Crippen molar-refractivity contribution >= 4 is 35.5 Å². The van der Waals surface area contributed by atoms with E-state index < -0.39 is 0 Å². The molecule has 3 nitrogen and oxygen atoms in total. The maximum atomic E-state index is 12.9. The number of likely N-dealkylation sites (N-methyl/N-ethyl adjacent to an activating group) is 1. The molecule has 2 aliphatic rings. The van der Waals surface area contributed by atoms with Crippen LogP contribution < -0.4 is 0 Å². The topological polar surface area (TPSA) is 29.5 Å². The third kappa shape index (κ3) is 5.73. The zero-order valence-electron chi connectivity index (χ0n) is 14.7. The van der Waals surface area contributed by atoms with E-state index in [1.807, 2.05) is 0 Å². The number of ether oxygens (including phenoxy) is 1. The number of carbonyl (C=O) groups is 1. The summed E-state index contributed by atoms with van der Waals surface area (Å²) in [7, 11) is 0. The van der Waals surface area contributed by atoms with Crippen molar-refractivity contribution in [2.75, 3.05) is 26.2 Å². The Morgan fingerprint density at radius 1 is 1.00 bits per heavy atom. The number of carbonyl (C=O) groups excluding carboxylic acids is 1. The van der Waals surface area contributed by atoms with Crippen molar-refractivity contribution in [3.63, 3.8) is 0 Å². The summed E-state index contributed by atoms with van der Waals surface area (Å²) in [5.74, 6) is 0.716. The van der Waals surface area contributed by atoms with Crippen LogP contribution in [0.3, 0.4) is 0 Å². The summed E-state index contributed by atoms with van der Waals surface area (Å²) in [5, 5.41) is 0. The van der Waals surface area contributed by atoms with Gasteiger partial charge in [-0.1, -0.05) is 52.4 Å². The minimum absolute atomic E-state index is 0. The zero-order valence-corrected chi connectivity index (χ0v) is 14.7. The standard InChI is InChI=1S/C19H35NO2.Na.H/c1-3-20(4-2)15-16-22-18(21)19(13-9-6-10-14-19)17-11-7-5-8-12-17;;/h17H,3-16H2,1-2H3;;. The number of esters is 1. The summed E-state index contributed by atoms with van der Waals surface area (Å²) in [6.07, 6.45) is 12.3. The zero-order chi connectivity index (χ0) is 15.8. The van der Waals surface area contributed by atoms with Crippen molar-refractivity contribution in [3.05, 3.63) is 0 Å². The summed E-state index contributed by atoms with van der Waals surface area (Å²) in [4.78, 5) is 15.3. The maximum absolute atomic E-state index is 12.9. The molecule has 0 aromatic heterocycles. The Morgan fingerprint density at radius 2 is 1.57 bits per heavy atom. The molecule has 0 heterocycles. The summed E-state index contributed by atoms with van der Waals surface area (Å²) in [5.41, 5.74) is -0.137. The van der Waals surface area contributed by atoms with E-state index in [0.717, 1.165) is 32.5 Å². The minimum atomic E-state index is -0.137. The number of hydrogen-bond donors (Lipinski definition) is 0. The van der Waals surface area contributed by atoms with Gasteiger partial charge in [0.15, 0.2) is 0 Å². The molecule has 2 saturated carbocycles. The number of rotatable bonds is 7. The molecule has 0 unspecified atom stereocenters.